The van der Waals surface area contributed by atoms with Crippen molar-refractivity contribution < 1.29 is 0 Å². The fourth-order valence-corrected chi connectivity index (χ4v) is 4.47. The minimum absolute atomic E-state index is 0.0796. The molecule has 1 aromatic rings. The van der Waals surface area contributed by atoms with Gasteiger partial charge in [0.2, 0.25) is 0 Å². The van der Waals surface area contributed by atoms with E-state index in [1.54, 1.807) is 0 Å². The van der Waals surface area contributed by atoms with Crippen LogP contribution in [0.15, 0.2) is 47.2 Å². The first kappa shape index (κ1) is 17.5. The minimum Gasteiger partial charge on any atom is -0.399 e. The Kier molecular flexibility index (Phi) is 4.56. The van der Waals surface area contributed by atoms with Crippen LogP contribution in [0.2, 0.25) is 0 Å². The molecule has 0 saturated heterocycles. The Morgan fingerprint density at radius 2 is 2.00 bits per heavy atom. The van der Waals surface area contributed by atoms with Gasteiger partial charge >= 0.3 is 0 Å². The summed E-state index contributed by atoms with van der Waals surface area (Å²) >= 11 is 2.22. The number of likely N-dealkylation sites (N-methyl/N-ethyl adjacent to an activating group) is 1. The molecule has 0 fully saturated rings. The molecule has 2 aliphatic rings. The Morgan fingerprint density at radius 3 is 2.60 bits per heavy atom. The number of hydrogen-bond acceptors (Lipinski definition) is 5. The molecule has 1 aromatic carbocycles. The summed E-state index contributed by atoms with van der Waals surface area (Å²) in [6.07, 6.45) is 2.00. The standard InChI is InChI=1S/C19H16IN5/c1-25-6-5-14-15(8-21)18(24)19(10-22,11-23)17(16(14)9-25)12-3-2-4-13(20)7-12/h2-5,7,16-17H,6,9,24H2,1H3. The Balaban J connectivity index is 2.34. The van der Waals surface area contributed by atoms with Gasteiger partial charge in [0.15, 0.2) is 5.41 Å². The highest BCUT2D eigenvalue weighted by Gasteiger charge is 2.54. The number of allylic oxidation sites excluding steroid dienone is 2. The third-order valence-corrected chi connectivity index (χ3v) is 5.73. The summed E-state index contributed by atoms with van der Waals surface area (Å²) in [6.45, 7) is 1.39. The fourth-order valence-electron chi connectivity index (χ4n) is 3.90. The molecule has 0 bridgehead atoms. The van der Waals surface area contributed by atoms with E-state index in [0.717, 1.165) is 21.3 Å². The van der Waals surface area contributed by atoms with Crippen LogP contribution in [0.4, 0.5) is 0 Å². The molecule has 25 heavy (non-hydrogen) atoms. The molecule has 2 atom stereocenters. The largest absolute Gasteiger partial charge is 0.399 e. The third-order valence-electron chi connectivity index (χ3n) is 5.05. The van der Waals surface area contributed by atoms with Crippen molar-refractivity contribution in [2.45, 2.75) is 5.92 Å². The van der Waals surface area contributed by atoms with Gasteiger partial charge in [-0.05, 0) is 52.9 Å². The predicted octanol–water partition coefficient (Wildman–Crippen LogP) is 2.65. The summed E-state index contributed by atoms with van der Waals surface area (Å²) in [6, 6.07) is 14.3. The van der Waals surface area contributed by atoms with Crippen molar-refractivity contribution in [1.82, 2.24) is 4.90 Å². The van der Waals surface area contributed by atoms with E-state index in [0.29, 0.717) is 12.1 Å². The first-order valence-electron chi connectivity index (χ1n) is 7.85. The van der Waals surface area contributed by atoms with Crippen LogP contribution in [-0.2, 0) is 0 Å². The molecule has 0 amide bonds. The molecule has 1 heterocycles. The van der Waals surface area contributed by atoms with Crippen LogP contribution in [0, 0.1) is 48.9 Å². The second-order valence-corrected chi connectivity index (χ2v) is 7.70. The van der Waals surface area contributed by atoms with Crippen LogP contribution >= 0.6 is 22.6 Å². The van der Waals surface area contributed by atoms with E-state index in [4.69, 9.17) is 5.73 Å². The summed E-state index contributed by atoms with van der Waals surface area (Å²) in [5.41, 5.74) is 6.85. The molecular formula is C19H16IN5. The normalized spacial score (nSPS) is 25.2. The zero-order valence-electron chi connectivity index (χ0n) is 13.7. The van der Waals surface area contributed by atoms with Gasteiger partial charge in [-0.2, -0.15) is 15.8 Å². The maximum Gasteiger partial charge on any atom is 0.191 e. The highest BCUT2D eigenvalue weighted by molar-refractivity contribution is 14.1. The van der Waals surface area contributed by atoms with Crippen LogP contribution in [-0.4, -0.2) is 25.0 Å². The van der Waals surface area contributed by atoms with Crippen LogP contribution in [0.25, 0.3) is 0 Å². The summed E-state index contributed by atoms with van der Waals surface area (Å²) in [5.74, 6) is -0.540. The number of fused-ring (bicyclic) bond motifs is 1. The van der Waals surface area contributed by atoms with Gasteiger partial charge in [0.25, 0.3) is 0 Å². The molecule has 3 rings (SSSR count). The predicted molar refractivity (Wildman–Crippen MR) is 101 cm³/mol. The number of nitriles is 3. The van der Waals surface area contributed by atoms with E-state index in [9.17, 15) is 15.8 Å². The first-order chi connectivity index (χ1) is 12.0. The Hall–Kier alpha value is -2.34. The van der Waals surface area contributed by atoms with Crippen molar-refractivity contribution in [2.24, 2.45) is 17.1 Å². The molecule has 2 unspecified atom stereocenters. The molecule has 0 radical (unpaired) electrons. The molecule has 124 valence electrons. The average molecular weight is 441 g/mol. The average Bonchev–Trinajstić information content (AvgIpc) is 2.61. The highest BCUT2D eigenvalue weighted by atomic mass is 127. The maximum absolute atomic E-state index is 9.95. The van der Waals surface area contributed by atoms with Crippen molar-refractivity contribution in [1.29, 1.82) is 15.8 Å². The van der Waals surface area contributed by atoms with E-state index in [1.807, 2.05) is 37.4 Å². The van der Waals surface area contributed by atoms with Crippen molar-refractivity contribution in [2.75, 3.05) is 20.1 Å². The highest BCUT2D eigenvalue weighted by Crippen LogP contribution is 2.54. The van der Waals surface area contributed by atoms with Gasteiger partial charge < -0.3 is 10.6 Å². The molecule has 2 N–H and O–H groups in total. The Bertz CT molecular complexity index is 895. The van der Waals surface area contributed by atoms with Gasteiger partial charge in [0.1, 0.15) is 6.07 Å². The van der Waals surface area contributed by atoms with E-state index < -0.39 is 11.3 Å². The molecule has 5 nitrogen and oxygen atoms in total. The van der Waals surface area contributed by atoms with Gasteiger partial charge in [-0.25, -0.2) is 0 Å². The van der Waals surface area contributed by atoms with Gasteiger partial charge in [0.05, 0.1) is 23.4 Å². The quantitative estimate of drug-likeness (QED) is 0.676. The lowest BCUT2D eigenvalue weighted by molar-refractivity contribution is 0.237. The minimum atomic E-state index is -1.55. The molecule has 0 aromatic heterocycles. The molecular weight excluding hydrogens is 425 g/mol. The maximum atomic E-state index is 9.95. The number of nitrogens with zero attached hydrogens (tertiary/aromatic N) is 4. The SMILES string of the molecule is CN1CC=C2C(C#N)=C(N)C(C#N)(C#N)C(c3cccc(I)c3)C2C1. The summed E-state index contributed by atoms with van der Waals surface area (Å²) in [4.78, 5) is 2.13. The van der Waals surface area contributed by atoms with Crippen LogP contribution in [0.1, 0.15) is 11.5 Å². The molecule has 0 spiro atoms. The number of rotatable bonds is 1. The Morgan fingerprint density at radius 1 is 1.28 bits per heavy atom. The van der Waals surface area contributed by atoms with Crippen LogP contribution < -0.4 is 5.73 Å². The van der Waals surface area contributed by atoms with Gasteiger partial charge in [-0.15, -0.1) is 0 Å². The lowest BCUT2D eigenvalue weighted by Gasteiger charge is -2.45. The number of benzene rings is 1. The van der Waals surface area contributed by atoms with Crippen LogP contribution in [0.5, 0.6) is 0 Å². The molecule has 1 aliphatic heterocycles. The van der Waals surface area contributed by atoms with E-state index in [-0.39, 0.29) is 11.6 Å². The first-order valence-corrected chi connectivity index (χ1v) is 8.93. The third kappa shape index (κ3) is 2.61. The summed E-state index contributed by atoms with van der Waals surface area (Å²) in [5, 5.41) is 29.5. The number of hydrogen-bond donors (Lipinski definition) is 1. The molecule has 0 saturated carbocycles. The van der Waals surface area contributed by atoms with E-state index >= 15 is 0 Å². The smallest absolute Gasteiger partial charge is 0.191 e. The van der Waals surface area contributed by atoms with Gasteiger partial charge in [0, 0.05) is 28.5 Å². The van der Waals surface area contributed by atoms with E-state index in [2.05, 4.69) is 45.7 Å². The zero-order valence-corrected chi connectivity index (χ0v) is 15.9. The van der Waals surface area contributed by atoms with Gasteiger partial charge in [-0.1, -0.05) is 18.2 Å². The number of halogens is 1. The van der Waals surface area contributed by atoms with Crippen molar-refractivity contribution in [3.8, 4) is 18.2 Å². The number of nitrogens with two attached hydrogens (primary N) is 1. The van der Waals surface area contributed by atoms with Gasteiger partial charge in [-0.3, -0.25) is 0 Å². The second-order valence-electron chi connectivity index (χ2n) is 6.45. The monoisotopic (exact) mass is 441 g/mol. The second kappa shape index (κ2) is 6.52. The molecule has 1 aliphatic carbocycles. The Labute approximate surface area is 160 Å². The molecule has 6 heteroatoms. The van der Waals surface area contributed by atoms with Crippen LogP contribution in [0.3, 0.4) is 0 Å². The summed E-state index contributed by atoms with van der Waals surface area (Å²) in [7, 11) is 1.99. The fraction of sp³-hybridized carbons (Fsp3) is 0.316. The van der Waals surface area contributed by atoms with Crippen molar-refractivity contribution >= 4 is 22.6 Å². The van der Waals surface area contributed by atoms with E-state index in [1.165, 1.54) is 0 Å². The lowest BCUT2D eigenvalue weighted by atomic mass is 9.58. The van der Waals surface area contributed by atoms with Crippen molar-refractivity contribution in [3.05, 3.63) is 56.3 Å². The topological polar surface area (TPSA) is 101 Å². The van der Waals surface area contributed by atoms with Crippen molar-refractivity contribution in [3.63, 3.8) is 0 Å². The zero-order chi connectivity index (χ0) is 18.2. The summed E-state index contributed by atoms with van der Waals surface area (Å²) < 4.78 is 1.03. The lowest BCUT2D eigenvalue weighted by Crippen LogP contribution is -2.47.